The summed E-state index contributed by atoms with van der Waals surface area (Å²) in [5.41, 5.74) is 2.10. The number of aromatic nitrogens is 1. The molecule has 4 atom stereocenters. The van der Waals surface area contributed by atoms with Crippen LogP contribution in [0.1, 0.15) is 42.1 Å². The van der Waals surface area contributed by atoms with Crippen molar-refractivity contribution in [3.05, 3.63) is 78.0 Å². The summed E-state index contributed by atoms with van der Waals surface area (Å²) >= 11 is 0. The molecular weight excluding hydrogens is 500 g/mol. The second-order valence-corrected chi connectivity index (χ2v) is 9.77. The highest BCUT2D eigenvalue weighted by Gasteiger charge is 2.41. The van der Waals surface area contributed by atoms with Gasteiger partial charge in [-0.2, -0.15) is 0 Å². The van der Waals surface area contributed by atoms with E-state index in [-0.39, 0.29) is 30.7 Å². The summed E-state index contributed by atoms with van der Waals surface area (Å²) in [6.07, 6.45) is 1.88. The average Bonchev–Trinajstić information content (AvgIpc) is 3.58. The van der Waals surface area contributed by atoms with E-state index in [2.05, 4.69) is 15.6 Å². The van der Waals surface area contributed by atoms with E-state index in [9.17, 15) is 19.2 Å². The van der Waals surface area contributed by atoms with Crippen LogP contribution < -0.4 is 10.6 Å². The Hall–Kier alpha value is -4.31. The van der Waals surface area contributed by atoms with Gasteiger partial charge in [0.1, 0.15) is 18.1 Å². The zero-order chi connectivity index (χ0) is 27.4. The van der Waals surface area contributed by atoms with Crippen molar-refractivity contribution >= 4 is 34.6 Å². The molecule has 0 saturated carbocycles. The summed E-state index contributed by atoms with van der Waals surface area (Å²) < 4.78 is 11.0. The lowest BCUT2D eigenvalue weighted by atomic mass is 10.1. The molecule has 10 heteroatoms. The molecule has 1 unspecified atom stereocenters. The van der Waals surface area contributed by atoms with Gasteiger partial charge in [-0.3, -0.25) is 24.2 Å². The summed E-state index contributed by atoms with van der Waals surface area (Å²) in [6.45, 7) is 2.23. The number of carbonyl (C=O) groups excluding carboxylic acids is 4. The predicted octanol–water partition coefficient (Wildman–Crippen LogP) is 2.32. The minimum absolute atomic E-state index is 0.0143. The van der Waals surface area contributed by atoms with Gasteiger partial charge in [-0.05, 0) is 49.6 Å². The number of ether oxygens (including phenoxy) is 2. The molecule has 202 valence electrons. The van der Waals surface area contributed by atoms with E-state index in [4.69, 9.17) is 9.47 Å². The summed E-state index contributed by atoms with van der Waals surface area (Å²) in [5, 5.41) is 6.42. The number of nitrogens with one attached hydrogen (secondary N) is 2. The van der Waals surface area contributed by atoms with Gasteiger partial charge in [0, 0.05) is 23.7 Å². The van der Waals surface area contributed by atoms with E-state index in [1.54, 1.807) is 37.4 Å². The van der Waals surface area contributed by atoms with Crippen LogP contribution in [0, 0.1) is 0 Å². The van der Waals surface area contributed by atoms with Gasteiger partial charge in [-0.25, -0.2) is 0 Å². The van der Waals surface area contributed by atoms with E-state index in [1.165, 1.54) is 4.90 Å². The first-order chi connectivity index (χ1) is 18.9. The number of cyclic esters (lactones) is 1. The number of hydrogen-bond acceptors (Lipinski definition) is 7. The van der Waals surface area contributed by atoms with Crippen LogP contribution in [0.3, 0.4) is 0 Å². The Kier molecular flexibility index (Phi) is 7.83. The fourth-order valence-corrected chi connectivity index (χ4v) is 4.95. The van der Waals surface area contributed by atoms with Gasteiger partial charge in [0.05, 0.1) is 18.5 Å². The highest BCUT2D eigenvalue weighted by atomic mass is 16.7. The first kappa shape index (κ1) is 26.3. The van der Waals surface area contributed by atoms with Gasteiger partial charge in [-0.15, -0.1) is 0 Å². The summed E-state index contributed by atoms with van der Waals surface area (Å²) in [4.78, 5) is 57.0. The lowest BCUT2D eigenvalue weighted by Crippen LogP contribution is -2.54. The van der Waals surface area contributed by atoms with E-state index in [1.807, 2.05) is 36.4 Å². The molecule has 2 N–H and O–H groups in total. The van der Waals surface area contributed by atoms with E-state index >= 15 is 0 Å². The molecule has 39 heavy (non-hydrogen) atoms. The van der Waals surface area contributed by atoms with Crippen molar-refractivity contribution in [1.82, 2.24) is 20.5 Å². The average molecular weight is 531 g/mol. The minimum Gasteiger partial charge on any atom is -0.433 e. The third-order valence-corrected chi connectivity index (χ3v) is 6.97. The second kappa shape index (κ2) is 11.6. The van der Waals surface area contributed by atoms with Crippen molar-refractivity contribution in [3.8, 4) is 0 Å². The number of benzene rings is 2. The highest BCUT2D eigenvalue weighted by Crippen LogP contribution is 2.22. The van der Waals surface area contributed by atoms with E-state index in [0.29, 0.717) is 24.9 Å². The molecule has 1 aromatic heterocycles. The molecule has 2 aliphatic heterocycles. The molecule has 10 nitrogen and oxygen atoms in total. The van der Waals surface area contributed by atoms with Gasteiger partial charge in [0.2, 0.25) is 18.1 Å². The second-order valence-electron chi connectivity index (χ2n) is 9.77. The zero-order valence-electron chi connectivity index (χ0n) is 21.5. The highest BCUT2D eigenvalue weighted by molar-refractivity contribution is 6.00. The van der Waals surface area contributed by atoms with Gasteiger partial charge >= 0.3 is 5.97 Å². The third-order valence-electron chi connectivity index (χ3n) is 6.97. The Morgan fingerprint density at radius 1 is 1.13 bits per heavy atom. The molecule has 2 fully saturated rings. The number of likely N-dealkylation sites (tertiary alicyclic amines) is 1. The molecule has 0 aliphatic carbocycles. The first-order valence-electron chi connectivity index (χ1n) is 13.0. The molecule has 0 radical (unpaired) electrons. The number of carbonyl (C=O) groups is 4. The maximum atomic E-state index is 13.3. The van der Waals surface area contributed by atoms with Crippen LogP contribution in [0.5, 0.6) is 0 Å². The Balaban J connectivity index is 1.18. The van der Waals surface area contributed by atoms with Crippen LogP contribution in [0.15, 0.2) is 66.9 Å². The summed E-state index contributed by atoms with van der Waals surface area (Å²) in [7, 11) is 0. The van der Waals surface area contributed by atoms with E-state index < -0.39 is 30.4 Å². The Labute approximate surface area is 225 Å². The van der Waals surface area contributed by atoms with Crippen LogP contribution in [-0.2, 0) is 30.5 Å². The number of hydrogen-bond donors (Lipinski definition) is 2. The monoisotopic (exact) mass is 530 g/mol. The smallest absolute Gasteiger partial charge is 0.310 e. The Bertz CT molecular complexity index is 1380. The standard InChI is InChI=1S/C29H30N4O6/c1-18(31-26(35)21-11-12-22-20(15-21)9-5-13-30-22)28(37)33-14-6-10-24(33)27(36)32-23-16-25(34)39-29(23)38-17-19-7-3-2-4-8-19/h2-5,7-9,11-13,15,18,23-24,29H,6,10,14,16-17H2,1H3,(H,31,35)(H,32,36)/t18-,23-,24-,29?/m0/s1. The minimum atomic E-state index is -0.914. The number of esters is 1. The molecule has 3 aromatic rings. The lowest BCUT2D eigenvalue weighted by Gasteiger charge is -2.28. The number of fused-ring (bicyclic) bond motifs is 1. The van der Waals surface area contributed by atoms with Crippen molar-refractivity contribution in [3.63, 3.8) is 0 Å². The third kappa shape index (κ3) is 6.06. The summed E-state index contributed by atoms with van der Waals surface area (Å²) in [6, 6.07) is 16.0. The van der Waals surface area contributed by atoms with Crippen LogP contribution in [0.4, 0.5) is 0 Å². The van der Waals surface area contributed by atoms with Crippen molar-refractivity contribution in [1.29, 1.82) is 0 Å². The van der Waals surface area contributed by atoms with Crippen molar-refractivity contribution in [2.75, 3.05) is 6.54 Å². The van der Waals surface area contributed by atoms with Crippen molar-refractivity contribution in [2.24, 2.45) is 0 Å². The van der Waals surface area contributed by atoms with Gasteiger partial charge < -0.3 is 25.0 Å². The lowest BCUT2D eigenvalue weighted by molar-refractivity contribution is -0.168. The Morgan fingerprint density at radius 2 is 1.95 bits per heavy atom. The number of nitrogens with zero attached hydrogens (tertiary/aromatic N) is 2. The molecule has 5 rings (SSSR count). The molecule has 2 aromatic carbocycles. The largest absolute Gasteiger partial charge is 0.433 e. The topological polar surface area (TPSA) is 127 Å². The SMILES string of the molecule is C[C@H](NC(=O)c1ccc2ncccc2c1)C(=O)N1CCC[C@H]1C(=O)N[C@H]1CC(=O)OC1OCc1ccccc1. The quantitative estimate of drug-likeness (QED) is 0.428. The number of rotatable bonds is 8. The van der Waals surface area contributed by atoms with Gasteiger partial charge in [0.15, 0.2) is 0 Å². The maximum absolute atomic E-state index is 13.3. The molecule has 2 saturated heterocycles. The van der Waals surface area contributed by atoms with Crippen LogP contribution >= 0.6 is 0 Å². The Morgan fingerprint density at radius 3 is 2.77 bits per heavy atom. The van der Waals surface area contributed by atoms with Crippen LogP contribution in [0.25, 0.3) is 10.9 Å². The van der Waals surface area contributed by atoms with Crippen LogP contribution in [-0.4, -0.2) is 64.5 Å². The molecule has 0 bridgehead atoms. The van der Waals surface area contributed by atoms with Gasteiger partial charge in [-0.1, -0.05) is 36.4 Å². The van der Waals surface area contributed by atoms with Crippen LogP contribution in [0.2, 0.25) is 0 Å². The molecule has 3 heterocycles. The fourth-order valence-electron chi connectivity index (χ4n) is 4.95. The van der Waals surface area contributed by atoms with Crippen molar-refractivity contribution < 1.29 is 28.7 Å². The molecule has 0 spiro atoms. The van der Waals surface area contributed by atoms with Crippen molar-refractivity contribution in [2.45, 2.75) is 57.2 Å². The number of pyridine rings is 1. The maximum Gasteiger partial charge on any atom is 0.310 e. The fraction of sp³-hybridized carbons (Fsp3) is 0.345. The zero-order valence-corrected chi connectivity index (χ0v) is 21.5. The normalized spacial score (nSPS) is 21.4. The van der Waals surface area contributed by atoms with E-state index in [0.717, 1.165) is 16.5 Å². The molecular formula is C29H30N4O6. The number of amides is 3. The van der Waals surface area contributed by atoms with Gasteiger partial charge in [0.25, 0.3) is 5.91 Å². The molecule has 3 amide bonds. The molecule has 2 aliphatic rings. The summed E-state index contributed by atoms with van der Waals surface area (Å²) in [5.74, 6) is -1.57. The first-order valence-corrected chi connectivity index (χ1v) is 13.0. The predicted molar refractivity (Wildman–Crippen MR) is 141 cm³/mol.